The highest BCUT2D eigenvalue weighted by atomic mass is 32.2. The summed E-state index contributed by atoms with van der Waals surface area (Å²) in [7, 11) is 0.903. The Bertz CT molecular complexity index is 1770. The molecule has 11 heteroatoms. The maximum atomic E-state index is 13.9. The minimum Gasteiger partial charge on any atom is -0.497 e. The van der Waals surface area contributed by atoms with E-state index in [2.05, 4.69) is 10.6 Å². The molecule has 0 aliphatic rings. The van der Waals surface area contributed by atoms with Crippen LogP contribution in [-0.4, -0.2) is 70.3 Å². The van der Waals surface area contributed by atoms with Gasteiger partial charge in [0.05, 0.1) is 37.2 Å². The first-order valence-corrected chi connectivity index (χ1v) is 17.0. The summed E-state index contributed by atoms with van der Waals surface area (Å²) in [4.78, 5) is 29.2. The molecule has 4 aromatic rings. The second kappa shape index (κ2) is 15.7. The van der Waals surface area contributed by atoms with E-state index in [0.29, 0.717) is 12.1 Å². The normalized spacial score (nSPS) is 13.2. The molecular weight excluding hydrogens is 616 g/mol. The molecule has 3 N–H and O–H groups in total. The molecule has 4 rings (SSSR count). The van der Waals surface area contributed by atoms with Gasteiger partial charge in [-0.3, -0.25) is 13.9 Å². The van der Waals surface area contributed by atoms with Crippen molar-refractivity contribution in [1.29, 1.82) is 0 Å². The largest absolute Gasteiger partial charge is 0.497 e. The first-order valence-electron chi connectivity index (χ1n) is 15.2. The second-order valence-corrected chi connectivity index (χ2v) is 13.4. The fourth-order valence-corrected chi connectivity index (χ4v) is 5.61. The zero-order chi connectivity index (χ0) is 34.1. The fraction of sp³-hybridized carbons (Fsp3) is 0.278. The summed E-state index contributed by atoms with van der Waals surface area (Å²) in [5.74, 6) is -0.246. The minimum absolute atomic E-state index is 0.0691. The van der Waals surface area contributed by atoms with Crippen LogP contribution >= 0.6 is 0 Å². The molecule has 0 saturated carbocycles. The minimum atomic E-state index is -3.72. The number of rotatable bonds is 14. The lowest BCUT2D eigenvalue weighted by atomic mass is 9.99. The zero-order valence-electron chi connectivity index (χ0n) is 27.3. The average Bonchev–Trinajstić information content (AvgIpc) is 3.09. The molecule has 0 fully saturated rings. The number of anilines is 1. The van der Waals surface area contributed by atoms with Crippen LogP contribution in [0, 0.1) is 0 Å². The number of carbonyl (C=O) groups excluding carboxylic acids is 2. The summed E-state index contributed by atoms with van der Waals surface area (Å²) >= 11 is 0. The number of benzene rings is 4. The van der Waals surface area contributed by atoms with Crippen LogP contribution < -0.4 is 19.7 Å². The third-order valence-corrected chi connectivity index (χ3v) is 9.32. The van der Waals surface area contributed by atoms with Crippen molar-refractivity contribution < 1.29 is 27.9 Å². The topological polar surface area (TPSA) is 128 Å². The maximum absolute atomic E-state index is 13.9. The molecule has 0 heterocycles. The number of nitrogens with zero attached hydrogens (tertiary/aromatic N) is 2. The van der Waals surface area contributed by atoms with Gasteiger partial charge in [-0.15, -0.1) is 0 Å². The van der Waals surface area contributed by atoms with Gasteiger partial charge in [0.2, 0.25) is 10.0 Å². The highest BCUT2D eigenvalue weighted by Gasteiger charge is 2.27. The number of sulfonamides is 1. The van der Waals surface area contributed by atoms with E-state index >= 15 is 0 Å². The molecule has 0 aliphatic heterocycles. The summed E-state index contributed by atoms with van der Waals surface area (Å²) in [5, 5.41) is 17.5. The van der Waals surface area contributed by atoms with Crippen molar-refractivity contribution in [3.05, 3.63) is 131 Å². The van der Waals surface area contributed by atoms with E-state index in [4.69, 9.17) is 4.74 Å². The van der Waals surface area contributed by atoms with E-state index in [-0.39, 0.29) is 35.3 Å². The summed E-state index contributed by atoms with van der Waals surface area (Å²) in [6.45, 7) is 2.51. The van der Waals surface area contributed by atoms with Crippen LogP contribution in [0.1, 0.15) is 56.4 Å². The van der Waals surface area contributed by atoms with Crippen LogP contribution in [0.2, 0.25) is 0 Å². The SMILES string of the molecule is COc1cccc(CNC[C@@H](O)[C@@H](NC(=O)c2cc(C(=O)N(C)[C@H](C)c3ccccc3)cc(N(C)S(C)(=O)=O)c2)c2ccccc2)c1. The van der Waals surface area contributed by atoms with Crippen LogP contribution in [0.3, 0.4) is 0 Å². The van der Waals surface area contributed by atoms with Gasteiger partial charge in [-0.05, 0) is 53.9 Å². The number of methoxy groups -OCH3 is 1. The highest BCUT2D eigenvalue weighted by Crippen LogP contribution is 2.26. The van der Waals surface area contributed by atoms with E-state index in [1.54, 1.807) is 31.2 Å². The van der Waals surface area contributed by atoms with Gasteiger partial charge in [-0.2, -0.15) is 0 Å². The Hall–Kier alpha value is -4.71. The Kier molecular flexibility index (Phi) is 11.8. The highest BCUT2D eigenvalue weighted by molar-refractivity contribution is 7.92. The molecule has 0 bridgehead atoms. The van der Waals surface area contributed by atoms with Crippen molar-refractivity contribution in [1.82, 2.24) is 15.5 Å². The molecule has 0 aromatic heterocycles. The van der Waals surface area contributed by atoms with Crippen molar-refractivity contribution >= 4 is 27.5 Å². The number of carbonyl (C=O) groups is 2. The van der Waals surface area contributed by atoms with Crippen molar-refractivity contribution in [3.8, 4) is 5.75 Å². The lowest BCUT2D eigenvalue weighted by Gasteiger charge is -2.27. The Balaban J connectivity index is 1.62. The summed E-state index contributed by atoms with van der Waals surface area (Å²) in [5.41, 5.74) is 2.93. The number of hydrogen-bond acceptors (Lipinski definition) is 7. The second-order valence-electron chi connectivity index (χ2n) is 11.4. The molecule has 0 spiro atoms. The Labute approximate surface area is 277 Å². The van der Waals surface area contributed by atoms with Crippen LogP contribution in [0.25, 0.3) is 0 Å². The van der Waals surface area contributed by atoms with E-state index in [1.807, 2.05) is 79.7 Å². The summed E-state index contributed by atoms with van der Waals surface area (Å²) in [6.07, 6.45) is 0.0123. The first-order chi connectivity index (χ1) is 22.4. The van der Waals surface area contributed by atoms with Gasteiger partial charge >= 0.3 is 0 Å². The monoisotopic (exact) mass is 658 g/mol. The van der Waals surface area contributed by atoms with Gasteiger partial charge in [0.25, 0.3) is 11.8 Å². The van der Waals surface area contributed by atoms with E-state index in [1.165, 1.54) is 25.2 Å². The Morgan fingerprint density at radius 3 is 2.09 bits per heavy atom. The molecule has 0 radical (unpaired) electrons. The number of amides is 2. The molecular formula is C36H42N4O6S. The van der Waals surface area contributed by atoms with E-state index in [9.17, 15) is 23.1 Å². The maximum Gasteiger partial charge on any atom is 0.254 e. The number of ether oxygens (including phenoxy) is 1. The Morgan fingerprint density at radius 1 is 0.851 bits per heavy atom. The first kappa shape index (κ1) is 35.1. The number of hydrogen-bond donors (Lipinski definition) is 3. The third-order valence-electron chi connectivity index (χ3n) is 8.12. The van der Waals surface area contributed by atoms with Crippen LogP contribution in [0.5, 0.6) is 5.75 Å². The van der Waals surface area contributed by atoms with Gasteiger partial charge < -0.3 is 25.4 Å². The van der Waals surface area contributed by atoms with Crippen molar-refractivity contribution in [3.63, 3.8) is 0 Å². The average molecular weight is 659 g/mol. The Morgan fingerprint density at radius 2 is 1.47 bits per heavy atom. The fourth-order valence-electron chi connectivity index (χ4n) is 5.12. The van der Waals surface area contributed by atoms with Crippen molar-refractivity contribution in [2.75, 3.05) is 38.3 Å². The number of aliphatic hydroxyl groups excluding tert-OH is 1. The third kappa shape index (κ3) is 9.19. The van der Waals surface area contributed by atoms with Gasteiger partial charge in [-0.25, -0.2) is 8.42 Å². The molecule has 47 heavy (non-hydrogen) atoms. The zero-order valence-corrected chi connectivity index (χ0v) is 28.1. The van der Waals surface area contributed by atoms with E-state index in [0.717, 1.165) is 27.4 Å². The number of nitrogens with one attached hydrogen (secondary N) is 2. The van der Waals surface area contributed by atoms with Crippen LogP contribution in [0.4, 0.5) is 5.69 Å². The molecule has 4 aromatic carbocycles. The molecule has 2 amide bonds. The standard InChI is InChI=1S/C36H42N4O6S/c1-25(27-14-8-6-9-15-27)39(2)36(43)30-20-29(21-31(22-30)40(3)47(5,44)45)35(42)38-34(28-16-10-7-11-17-28)33(41)24-37-23-26-13-12-18-32(19-26)46-4/h6-22,25,33-34,37,41H,23-24H2,1-5H3,(H,38,42)/t25-,33-,34+/m1/s1. The van der Waals surface area contributed by atoms with Crippen LogP contribution in [0.15, 0.2) is 103 Å². The molecule has 0 unspecified atom stereocenters. The molecule has 248 valence electrons. The van der Waals surface area contributed by atoms with Gasteiger partial charge in [0.15, 0.2) is 0 Å². The summed E-state index contributed by atoms with van der Waals surface area (Å²) in [6, 6.07) is 29.4. The number of aliphatic hydroxyl groups is 1. The van der Waals surface area contributed by atoms with Crippen molar-refractivity contribution in [2.45, 2.75) is 31.7 Å². The molecule has 0 saturated heterocycles. The predicted octanol–water partition coefficient (Wildman–Crippen LogP) is 4.55. The molecule has 3 atom stereocenters. The lowest BCUT2D eigenvalue weighted by molar-refractivity contribution is 0.0742. The quantitative estimate of drug-likeness (QED) is 0.182. The summed E-state index contributed by atoms with van der Waals surface area (Å²) < 4.78 is 31.3. The van der Waals surface area contributed by atoms with Gasteiger partial charge in [0, 0.05) is 38.3 Å². The molecule has 0 aliphatic carbocycles. The van der Waals surface area contributed by atoms with Gasteiger partial charge in [0.1, 0.15) is 5.75 Å². The van der Waals surface area contributed by atoms with E-state index < -0.39 is 28.1 Å². The molecule has 10 nitrogen and oxygen atoms in total. The van der Waals surface area contributed by atoms with Crippen molar-refractivity contribution in [2.24, 2.45) is 0 Å². The van der Waals surface area contributed by atoms with Gasteiger partial charge in [-0.1, -0.05) is 72.8 Å². The van der Waals surface area contributed by atoms with Crippen LogP contribution in [-0.2, 0) is 16.6 Å². The smallest absolute Gasteiger partial charge is 0.254 e. The lowest BCUT2D eigenvalue weighted by Crippen LogP contribution is -2.41. The predicted molar refractivity (Wildman–Crippen MR) is 184 cm³/mol.